The van der Waals surface area contributed by atoms with Gasteiger partial charge in [0, 0.05) is 0 Å². The fourth-order valence-corrected chi connectivity index (χ4v) is 0.799. The number of nitrogen functional groups attached to an aromatic ring is 2. The van der Waals surface area contributed by atoms with Crippen LogP contribution < -0.4 is 11.5 Å². The normalized spacial score (nSPS) is 9.80. The first-order chi connectivity index (χ1) is 4.61. The van der Waals surface area contributed by atoms with E-state index in [1.165, 1.54) is 6.07 Å². The first-order valence-corrected chi connectivity index (χ1v) is 3.24. The molecule has 0 bridgehead atoms. The first-order valence-electron chi connectivity index (χ1n) is 2.48. The molecule has 4 N–H and O–H groups in total. The van der Waals surface area contributed by atoms with Gasteiger partial charge < -0.3 is 11.5 Å². The molecular weight excluding hydrogens is 173 g/mol. The van der Waals surface area contributed by atoms with E-state index in [0.29, 0.717) is 10.7 Å². The molecule has 0 saturated heterocycles. The standard InChI is InChI=1S/C5H5Cl2N3/c6-2-1-3(8)4(7)10-5(2)9/h1H,8H2,(H2,9,10). The molecule has 10 heavy (non-hydrogen) atoms. The number of nitrogens with zero attached hydrogens (tertiary/aromatic N) is 1. The van der Waals surface area contributed by atoms with Gasteiger partial charge in [-0.2, -0.15) is 0 Å². The number of rotatable bonds is 0. The average Bonchev–Trinajstić information content (AvgIpc) is 1.84. The highest BCUT2D eigenvalue weighted by Crippen LogP contribution is 2.24. The summed E-state index contributed by atoms with van der Waals surface area (Å²) in [5, 5.41) is 0.504. The molecule has 0 fully saturated rings. The summed E-state index contributed by atoms with van der Waals surface area (Å²) in [5.41, 5.74) is 11.0. The Morgan fingerprint density at radius 3 is 2.40 bits per heavy atom. The number of pyridine rings is 1. The minimum atomic E-state index is 0.182. The van der Waals surface area contributed by atoms with Crippen molar-refractivity contribution in [1.29, 1.82) is 0 Å². The number of halogens is 2. The highest BCUT2D eigenvalue weighted by atomic mass is 35.5. The van der Waals surface area contributed by atoms with E-state index < -0.39 is 0 Å². The van der Waals surface area contributed by atoms with Crippen LogP contribution in [0.1, 0.15) is 0 Å². The first kappa shape index (κ1) is 7.44. The van der Waals surface area contributed by atoms with Crippen LogP contribution in [0.25, 0.3) is 0 Å². The number of aromatic nitrogens is 1. The molecule has 0 radical (unpaired) electrons. The van der Waals surface area contributed by atoms with E-state index in [-0.39, 0.29) is 11.0 Å². The fourth-order valence-electron chi connectivity index (χ4n) is 0.494. The molecule has 0 saturated carbocycles. The summed E-state index contributed by atoms with van der Waals surface area (Å²) in [7, 11) is 0. The lowest BCUT2D eigenvalue weighted by Crippen LogP contribution is -1.95. The molecule has 0 aromatic carbocycles. The Balaban J connectivity index is 3.28. The molecule has 0 atom stereocenters. The van der Waals surface area contributed by atoms with Crippen LogP contribution in [0, 0.1) is 0 Å². The highest BCUT2D eigenvalue weighted by Gasteiger charge is 2.01. The minimum absolute atomic E-state index is 0.182. The summed E-state index contributed by atoms with van der Waals surface area (Å²) < 4.78 is 0. The zero-order chi connectivity index (χ0) is 7.72. The quantitative estimate of drug-likeness (QED) is 0.592. The molecule has 1 aromatic rings. The largest absolute Gasteiger partial charge is 0.396 e. The van der Waals surface area contributed by atoms with Crippen molar-refractivity contribution in [2.24, 2.45) is 0 Å². The fraction of sp³-hybridized carbons (Fsp3) is 0. The Labute approximate surface area is 67.9 Å². The second kappa shape index (κ2) is 2.52. The summed E-state index contributed by atoms with van der Waals surface area (Å²) >= 11 is 11.1. The zero-order valence-electron chi connectivity index (χ0n) is 4.94. The average molecular weight is 178 g/mol. The molecule has 0 amide bonds. The Hall–Kier alpha value is -0.670. The molecule has 0 aliphatic carbocycles. The molecule has 3 nitrogen and oxygen atoms in total. The monoisotopic (exact) mass is 177 g/mol. The molecule has 0 spiro atoms. The Morgan fingerprint density at radius 1 is 1.30 bits per heavy atom. The van der Waals surface area contributed by atoms with Crippen molar-refractivity contribution < 1.29 is 0 Å². The molecule has 1 rings (SSSR count). The van der Waals surface area contributed by atoms with Gasteiger partial charge in [0.05, 0.1) is 10.7 Å². The molecule has 1 aromatic heterocycles. The van der Waals surface area contributed by atoms with E-state index >= 15 is 0 Å². The Bertz CT molecular complexity index is 211. The molecule has 0 aliphatic heterocycles. The lowest BCUT2D eigenvalue weighted by atomic mass is 10.4. The van der Waals surface area contributed by atoms with Gasteiger partial charge in [-0.3, -0.25) is 0 Å². The lowest BCUT2D eigenvalue weighted by Gasteiger charge is -1.99. The van der Waals surface area contributed by atoms with Crippen LogP contribution in [-0.4, -0.2) is 4.98 Å². The van der Waals surface area contributed by atoms with Gasteiger partial charge in [-0.25, -0.2) is 4.98 Å². The predicted molar refractivity (Wildman–Crippen MR) is 43.1 cm³/mol. The summed E-state index contributed by atoms with van der Waals surface area (Å²) in [6.45, 7) is 0. The van der Waals surface area contributed by atoms with Gasteiger partial charge in [0.15, 0.2) is 5.15 Å². The maximum absolute atomic E-state index is 5.56. The van der Waals surface area contributed by atoms with Crippen molar-refractivity contribution in [3.05, 3.63) is 16.2 Å². The molecule has 1 heterocycles. The molecule has 54 valence electrons. The maximum Gasteiger partial charge on any atom is 0.154 e. The number of nitrogens with two attached hydrogens (primary N) is 2. The van der Waals surface area contributed by atoms with E-state index in [0.717, 1.165) is 0 Å². The van der Waals surface area contributed by atoms with Gasteiger partial charge in [0.25, 0.3) is 0 Å². The maximum atomic E-state index is 5.56. The number of hydrogen-bond acceptors (Lipinski definition) is 3. The summed E-state index contributed by atoms with van der Waals surface area (Å²) in [6, 6.07) is 1.46. The van der Waals surface area contributed by atoms with E-state index in [2.05, 4.69) is 4.98 Å². The minimum Gasteiger partial charge on any atom is -0.396 e. The van der Waals surface area contributed by atoms with Crippen LogP contribution in [-0.2, 0) is 0 Å². The SMILES string of the molecule is Nc1cc(Cl)c(N)nc1Cl. The van der Waals surface area contributed by atoms with Crippen LogP contribution in [0.2, 0.25) is 10.2 Å². The van der Waals surface area contributed by atoms with Crippen LogP contribution >= 0.6 is 23.2 Å². The number of anilines is 2. The van der Waals surface area contributed by atoms with Gasteiger partial charge in [-0.05, 0) is 6.07 Å². The van der Waals surface area contributed by atoms with Crippen molar-refractivity contribution in [1.82, 2.24) is 4.98 Å². The van der Waals surface area contributed by atoms with Gasteiger partial charge in [-0.1, -0.05) is 23.2 Å². The molecule has 0 aliphatic rings. The molecular formula is C5H5Cl2N3. The third kappa shape index (κ3) is 1.25. The van der Waals surface area contributed by atoms with Crippen LogP contribution in [0.3, 0.4) is 0 Å². The molecule has 5 heteroatoms. The Morgan fingerprint density at radius 2 is 1.90 bits per heavy atom. The van der Waals surface area contributed by atoms with Crippen LogP contribution in [0.4, 0.5) is 11.5 Å². The van der Waals surface area contributed by atoms with Gasteiger partial charge in [0.1, 0.15) is 5.82 Å². The highest BCUT2D eigenvalue weighted by molar-refractivity contribution is 6.35. The predicted octanol–water partition coefficient (Wildman–Crippen LogP) is 1.55. The van der Waals surface area contributed by atoms with Gasteiger partial charge in [0.2, 0.25) is 0 Å². The third-order valence-corrected chi connectivity index (χ3v) is 1.59. The van der Waals surface area contributed by atoms with E-state index in [1.807, 2.05) is 0 Å². The summed E-state index contributed by atoms with van der Waals surface area (Å²) in [5.74, 6) is 0.195. The van der Waals surface area contributed by atoms with E-state index in [9.17, 15) is 0 Å². The van der Waals surface area contributed by atoms with Crippen molar-refractivity contribution in [3.8, 4) is 0 Å². The van der Waals surface area contributed by atoms with Crippen molar-refractivity contribution in [2.75, 3.05) is 11.5 Å². The summed E-state index contributed by atoms with van der Waals surface area (Å²) in [4.78, 5) is 3.66. The van der Waals surface area contributed by atoms with E-state index in [4.69, 9.17) is 34.7 Å². The number of hydrogen-bond donors (Lipinski definition) is 2. The third-order valence-electron chi connectivity index (χ3n) is 0.984. The lowest BCUT2D eigenvalue weighted by molar-refractivity contribution is 1.34. The molecule has 0 unspecified atom stereocenters. The van der Waals surface area contributed by atoms with Gasteiger partial charge >= 0.3 is 0 Å². The summed E-state index contributed by atoms with van der Waals surface area (Å²) in [6.07, 6.45) is 0. The topological polar surface area (TPSA) is 64.9 Å². The van der Waals surface area contributed by atoms with Crippen LogP contribution in [0.5, 0.6) is 0 Å². The van der Waals surface area contributed by atoms with Crippen molar-refractivity contribution in [2.45, 2.75) is 0 Å². The van der Waals surface area contributed by atoms with Crippen molar-refractivity contribution >= 4 is 34.7 Å². The van der Waals surface area contributed by atoms with Crippen LogP contribution in [0.15, 0.2) is 6.07 Å². The second-order valence-electron chi connectivity index (χ2n) is 1.74. The Kier molecular flexibility index (Phi) is 1.87. The smallest absolute Gasteiger partial charge is 0.154 e. The van der Waals surface area contributed by atoms with E-state index in [1.54, 1.807) is 0 Å². The van der Waals surface area contributed by atoms with Gasteiger partial charge in [-0.15, -0.1) is 0 Å². The second-order valence-corrected chi connectivity index (χ2v) is 2.50. The van der Waals surface area contributed by atoms with Crippen molar-refractivity contribution in [3.63, 3.8) is 0 Å². The zero-order valence-corrected chi connectivity index (χ0v) is 6.45.